The fourth-order valence-electron chi connectivity index (χ4n) is 5.75. The van der Waals surface area contributed by atoms with Crippen LogP contribution in [-0.4, -0.2) is 54.0 Å². The maximum Gasteiger partial charge on any atom is 0.286 e. The predicted octanol–water partition coefficient (Wildman–Crippen LogP) is 8.53. The van der Waals surface area contributed by atoms with Crippen molar-refractivity contribution in [3.63, 3.8) is 0 Å². The minimum atomic E-state index is -0.555. The number of aromatic nitrogens is 1. The molecule has 2 heterocycles. The molecule has 1 aliphatic rings. The second-order valence-corrected chi connectivity index (χ2v) is 14.2. The molecular weight excluding hydrogens is 554 g/mol. The quantitative estimate of drug-likeness (QED) is 0.130. The van der Waals surface area contributed by atoms with E-state index in [0.29, 0.717) is 29.4 Å². The third kappa shape index (κ3) is 9.49. The van der Waals surface area contributed by atoms with E-state index in [9.17, 15) is 14.9 Å². The van der Waals surface area contributed by atoms with E-state index in [1.165, 1.54) is 43.5 Å². The Bertz CT molecular complexity index is 1170. The van der Waals surface area contributed by atoms with Gasteiger partial charge in [-0.15, -0.1) is 0 Å². The Hall–Kier alpha value is -2.50. The highest BCUT2D eigenvalue weighted by atomic mass is 32.1. The van der Waals surface area contributed by atoms with Crippen molar-refractivity contribution in [2.75, 3.05) is 32.1 Å². The highest BCUT2D eigenvalue weighted by molar-refractivity contribution is 7.16. The summed E-state index contributed by atoms with van der Waals surface area (Å²) in [6, 6.07) is 2.12. The SMILES string of the molecule is CCCCC(CC)CN(CC(CC)CCCC)c1nc(C(C)(C)C)c(/C=C2\C(=O)N(N(C)C)C(=O)C(C#N)=C2CCC)s1. The molecule has 0 fully saturated rings. The first-order chi connectivity index (χ1) is 20.4. The van der Waals surface area contributed by atoms with E-state index >= 15 is 0 Å². The van der Waals surface area contributed by atoms with Crippen LogP contribution in [0.2, 0.25) is 0 Å². The molecule has 0 radical (unpaired) electrons. The molecule has 2 atom stereocenters. The van der Waals surface area contributed by atoms with Crippen molar-refractivity contribution in [3.8, 4) is 6.07 Å². The van der Waals surface area contributed by atoms with Crippen LogP contribution in [0.1, 0.15) is 130 Å². The largest absolute Gasteiger partial charge is 0.348 e. The average Bonchev–Trinajstić information content (AvgIpc) is 3.39. The second kappa shape index (κ2) is 17.1. The summed E-state index contributed by atoms with van der Waals surface area (Å²) < 4.78 is 0. The van der Waals surface area contributed by atoms with Gasteiger partial charge < -0.3 is 4.90 Å². The fraction of sp³-hybridized carbons (Fsp3) is 0.714. The number of hydrazine groups is 1. The molecule has 2 rings (SSSR count). The van der Waals surface area contributed by atoms with Gasteiger partial charge >= 0.3 is 0 Å². The van der Waals surface area contributed by atoms with Gasteiger partial charge in [-0.3, -0.25) is 9.59 Å². The molecule has 0 spiro atoms. The molecule has 2 amide bonds. The first kappa shape index (κ1) is 36.7. The second-order valence-electron chi connectivity index (χ2n) is 13.2. The molecule has 0 N–H and O–H groups in total. The van der Waals surface area contributed by atoms with Gasteiger partial charge in [-0.2, -0.15) is 5.26 Å². The molecule has 1 aliphatic heterocycles. The number of nitriles is 1. The zero-order valence-electron chi connectivity index (χ0n) is 28.7. The van der Waals surface area contributed by atoms with Crippen molar-refractivity contribution in [2.45, 2.75) is 125 Å². The molecule has 1 aromatic rings. The van der Waals surface area contributed by atoms with Crippen LogP contribution in [0, 0.1) is 23.2 Å². The molecule has 240 valence electrons. The van der Waals surface area contributed by atoms with E-state index < -0.39 is 5.91 Å². The summed E-state index contributed by atoms with van der Waals surface area (Å²) >= 11 is 1.65. The fourth-order valence-corrected chi connectivity index (χ4v) is 6.99. The maximum absolute atomic E-state index is 13.8. The summed E-state index contributed by atoms with van der Waals surface area (Å²) in [7, 11) is 3.31. The van der Waals surface area contributed by atoms with Crippen molar-refractivity contribution in [3.05, 3.63) is 27.3 Å². The number of imide groups is 1. The Balaban J connectivity index is 2.76. The van der Waals surface area contributed by atoms with E-state index in [1.54, 1.807) is 25.4 Å². The number of amides is 2. The number of hydrogen-bond acceptors (Lipinski definition) is 7. The number of nitrogens with zero attached hydrogens (tertiary/aromatic N) is 5. The van der Waals surface area contributed by atoms with Crippen LogP contribution in [0.25, 0.3) is 6.08 Å². The summed E-state index contributed by atoms with van der Waals surface area (Å²) in [6.07, 6.45) is 12.7. The van der Waals surface area contributed by atoms with Gasteiger partial charge in [-0.05, 0) is 42.7 Å². The zero-order chi connectivity index (χ0) is 32.3. The molecule has 8 heteroatoms. The van der Waals surface area contributed by atoms with Gasteiger partial charge in [0.15, 0.2) is 5.13 Å². The Morgan fingerprint density at radius 1 is 0.930 bits per heavy atom. The Kier molecular flexibility index (Phi) is 14.6. The molecule has 43 heavy (non-hydrogen) atoms. The molecule has 1 aromatic heterocycles. The smallest absolute Gasteiger partial charge is 0.286 e. The summed E-state index contributed by atoms with van der Waals surface area (Å²) in [5, 5.41) is 13.5. The highest BCUT2D eigenvalue weighted by Crippen LogP contribution is 2.39. The predicted molar refractivity (Wildman–Crippen MR) is 181 cm³/mol. The van der Waals surface area contributed by atoms with Crippen LogP contribution < -0.4 is 4.90 Å². The van der Waals surface area contributed by atoms with Crippen LogP contribution in [0.5, 0.6) is 0 Å². The van der Waals surface area contributed by atoms with Crippen molar-refractivity contribution in [1.29, 1.82) is 5.26 Å². The van der Waals surface area contributed by atoms with Gasteiger partial charge in [0.05, 0.1) is 10.6 Å². The van der Waals surface area contributed by atoms with Crippen LogP contribution >= 0.6 is 11.3 Å². The Labute approximate surface area is 266 Å². The number of carbonyl (C=O) groups is 2. The number of rotatable bonds is 17. The van der Waals surface area contributed by atoms with Crippen molar-refractivity contribution in [1.82, 2.24) is 15.0 Å². The van der Waals surface area contributed by atoms with E-state index in [4.69, 9.17) is 4.98 Å². The first-order valence-electron chi connectivity index (χ1n) is 16.6. The summed E-state index contributed by atoms with van der Waals surface area (Å²) in [6.45, 7) is 19.6. The number of carbonyl (C=O) groups excluding carboxylic acids is 2. The van der Waals surface area contributed by atoms with Crippen molar-refractivity contribution >= 4 is 34.4 Å². The molecular formula is C35H57N5O2S. The molecule has 0 aromatic carbocycles. The summed E-state index contributed by atoms with van der Waals surface area (Å²) in [4.78, 5) is 35.7. The van der Waals surface area contributed by atoms with Crippen molar-refractivity contribution in [2.24, 2.45) is 11.8 Å². The standard InChI is InChI=1S/C35H57N5O2S/c1-11-16-19-25(14-4)23-39(24-26(15-5)20-17-12-2)34-37-31(35(6,7)8)30(43-34)21-28-27(18-13-3)29(22-36)33(42)40(32(28)41)38(9)10/h21,25-26H,11-20,23-24H2,1-10H3/b28-21-. The molecule has 2 unspecified atom stereocenters. The lowest BCUT2D eigenvalue weighted by atomic mass is 9.88. The van der Waals surface area contributed by atoms with Crippen LogP contribution in [-0.2, 0) is 15.0 Å². The van der Waals surface area contributed by atoms with E-state index in [2.05, 4.69) is 59.4 Å². The lowest BCUT2D eigenvalue weighted by molar-refractivity contribution is -0.155. The van der Waals surface area contributed by atoms with Gasteiger partial charge in [-0.25, -0.2) is 15.0 Å². The first-order valence-corrected chi connectivity index (χ1v) is 17.4. The number of hydrogen-bond donors (Lipinski definition) is 0. The van der Waals surface area contributed by atoms with Crippen LogP contribution in [0.4, 0.5) is 5.13 Å². The normalized spacial score (nSPS) is 16.8. The monoisotopic (exact) mass is 611 g/mol. The van der Waals surface area contributed by atoms with E-state index in [1.807, 2.05) is 13.0 Å². The Morgan fingerprint density at radius 3 is 1.91 bits per heavy atom. The van der Waals surface area contributed by atoms with E-state index in [0.717, 1.165) is 53.1 Å². The lowest BCUT2D eigenvalue weighted by Gasteiger charge is -2.32. The lowest BCUT2D eigenvalue weighted by Crippen LogP contribution is -2.50. The van der Waals surface area contributed by atoms with Gasteiger partial charge in [0.25, 0.3) is 11.8 Å². The number of unbranched alkanes of at least 4 members (excludes halogenated alkanes) is 2. The van der Waals surface area contributed by atoms with E-state index in [-0.39, 0.29) is 16.9 Å². The minimum absolute atomic E-state index is 0.0495. The zero-order valence-corrected chi connectivity index (χ0v) is 29.5. The Morgan fingerprint density at radius 2 is 1.49 bits per heavy atom. The maximum atomic E-state index is 13.8. The minimum Gasteiger partial charge on any atom is -0.348 e. The van der Waals surface area contributed by atoms with Gasteiger partial charge in [-0.1, -0.05) is 112 Å². The molecule has 0 saturated heterocycles. The molecule has 0 aliphatic carbocycles. The van der Waals surface area contributed by atoms with Crippen LogP contribution in [0.15, 0.2) is 16.7 Å². The number of thiazole rings is 1. The third-order valence-corrected chi connectivity index (χ3v) is 9.47. The molecule has 7 nitrogen and oxygen atoms in total. The van der Waals surface area contributed by atoms with Crippen LogP contribution in [0.3, 0.4) is 0 Å². The molecule has 0 saturated carbocycles. The van der Waals surface area contributed by atoms with Gasteiger partial charge in [0.1, 0.15) is 11.6 Å². The van der Waals surface area contributed by atoms with Gasteiger partial charge in [0, 0.05) is 38.2 Å². The summed E-state index contributed by atoms with van der Waals surface area (Å²) in [5.74, 6) is 0.259. The average molecular weight is 612 g/mol. The highest BCUT2D eigenvalue weighted by Gasteiger charge is 2.39. The van der Waals surface area contributed by atoms with Gasteiger partial charge in [0.2, 0.25) is 0 Å². The third-order valence-electron chi connectivity index (χ3n) is 8.41. The summed E-state index contributed by atoms with van der Waals surface area (Å²) in [5.41, 5.74) is 1.70. The topological polar surface area (TPSA) is 80.5 Å². The van der Waals surface area contributed by atoms with Crippen molar-refractivity contribution < 1.29 is 9.59 Å². The molecule has 0 bridgehead atoms. The number of anilines is 1.